The van der Waals surface area contributed by atoms with E-state index in [1.807, 2.05) is 18.2 Å². The molecule has 2 fully saturated rings. The molecule has 0 unspecified atom stereocenters. The molecule has 3 aliphatic rings. The van der Waals surface area contributed by atoms with Crippen LogP contribution in [0.15, 0.2) is 35.9 Å². The Morgan fingerprint density at radius 3 is 2.93 bits per heavy atom. The van der Waals surface area contributed by atoms with Crippen molar-refractivity contribution in [2.24, 2.45) is 23.2 Å². The number of aliphatic hydroxyl groups is 1. The highest BCUT2D eigenvalue weighted by Crippen LogP contribution is 2.55. The fourth-order valence-electron chi connectivity index (χ4n) is 5.69. The Morgan fingerprint density at radius 1 is 1.34 bits per heavy atom. The van der Waals surface area contributed by atoms with E-state index in [1.165, 1.54) is 5.57 Å². The van der Waals surface area contributed by atoms with E-state index in [1.54, 1.807) is 7.11 Å². The lowest BCUT2D eigenvalue weighted by Gasteiger charge is -2.51. The predicted molar refractivity (Wildman–Crippen MR) is 112 cm³/mol. The Labute approximate surface area is 173 Å². The van der Waals surface area contributed by atoms with Crippen molar-refractivity contribution in [2.45, 2.75) is 51.7 Å². The SMILES string of the molecule is COc1ccccc1CCNC[C@H]1C(=O)O[C@@H]2CC3=CCC[C@@H](C)[C@@]3(C)[C@H](O)[C@@H]21. The van der Waals surface area contributed by atoms with Gasteiger partial charge in [-0.15, -0.1) is 0 Å². The van der Waals surface area contributed by atoms with Gasteiger partial charge in [0, 0.05) is 24.3 Å². The first kappa shape index (κ1) is 20.4. The second-order valence-corrected chi connectivity index (χ2v) is 9.06. The summed E-state index contributed by atoms with van der Waals surface area (Å²) >= 11 is 0. The topological polar surface area (TPSA) is 67.8 Å². The van der Waals surface area contributed by atoms with Crippen LogP contribution in [0.4, 0.5) is 0 Å². The van der Waals surface area contributed by atoms with Crippen LogP contribution in [0.25, 0.3) is 0 Å². The molecule has 0 bridgehead atoms. The van der Waals surface area contributed by atoms with Crippen LogP contribution in [0.3, 0.4) is 0 Å². The van der Waals surface area contributed by atoms with Crippen molar-refractivity contribution < 1.29 is 19.4 Å². The minimum atomic E-state index is -0.546. The molecule has 0 spiro atoms. The number of fused-ring (bicyclic) bond motifs is 2. The van der Waals surface area contributed by atoms with E-state index in [0.717, 1.165) is 43.5 Å². The quantitative estimate of drug-likeness (QED) is 0.437. The lowest BCUT2D eigenvalue weighted by atomic mass is 9.55. The predicted octanol–water partition coefficient (Wildman–Crippen LogP) is 3.11. The van der Waals surface area contributed by atoms with Gasteiger partial charge in [-0.05, 0) is 43.4 Å². The third-order valence-corrected chi connectivity index (χ3v) is 7.70. The maximum atomic E-state index is 12.6. The van der Waals surface area contributed by atoms with Crippen molar-refractivity contribution in [3.8, 4) is 5.75 Å². The van der Waals surface area contributed by atoms with E-state index >= 15 is 0 Å². The van der Waals surface area contributed by atoms with Gasteiger partial charge in [-0.2, -0.15) is 0 Å². The number of allylic oxidation sites excluding steroid dienone is 1. The van der Waals surface area contributed by atoms with Crippen LogP contribution in [-0.4, -0.2) is 43.5 Å². The number of aliphatic hydroxyl groups excluding tert-OH is 1. The summed E-state index contributed by atoms with van der Waals surface area (Å²) in [7, 11) is 1.68. The summed E-state index contributed by atoms with van der Waals surface area (Å²) in [6.45, 7) is 5.69. The number of carbonyl (C=O) groups excluding carboxylic acids is 1. The summed E-state index contributed by atoms with van der Waals surface area (Å²) in [6.07, 6.45) is 5.27. The first-order chi connectivity index (χ1) is 14.0. The molecule has 0 amide bonds. The van der Waals surface area contributed by atoms with Crippen LogP contribution in [0, 0.1) is 23.2 Å². The molecular formula is C24H33NO4. The minimum Gasteiger partial charge on any atom is -0.496 e. The smallest absolute Gasteiger partial charge is 0.311 e. The molecule has 158 valence electrons. The van der Waals surface area contributed by atoms with Crippen LogP contribution < -0.4 is 10.1 Å². The number of ether oxygens (including phenoxy) is 2. The summed E-state index contributed by atoms with van der Waals surface area (Å²) in [5.41, 5.74) is 2.18. The maximum absolute atomic E-state index is 12.6. The fraction of sp³-hybridized carbons (Fsp3) is 0.625. The van der Waals surface area contributed by atoms with Crippen molar-refractivity contribution in [1.82, 2.24) is 5.32 Å². The molecule has 6 atom stereocenters. The van der Waals surface area contributed by atoms with Crippen LogP contribution >= 0.6 is 0 Å². The molecule has 2 aliphatic carbocycles. The minimum absolute atomic E-state index is 0.135. The van der Waals surface area contributed by atoms with E-state index in [0.29, 0.717) is 12.5 Å². The Kier molecular flexibility index (Phi) is 5.71. The number of nitrogens with one attached hydrogen (secondary N) is 1. The number of hydrogen-bond donors (Lipinski definition) is 2. The molecule has 1 aromatic rings. The molecule has 1 aromatic carbocycles. The molecule has 5 nitrogen and oxygen atoms in total. The number of para-hydroxylation sites is 1. The zero-order valence-electron chi connectivity index (χ0n) is 17.7. The molecule has 4 rings (SSSR count). The molecular weight excluding hydrogens is 366 g/mol. The van der Waals surface area contributed by atoms with Gasteiger partial charge in [0.25, 0.3) is 0 Å². The van der Waals surface area contributed by atoms with Crippen molar-refractivity contribution in [3.05, 3.63) is 41.5 Å². The highest BCUT2D eigenvalue weighted by atomic mass is 16.6. The zero-order chi connectivity index (χ0) is 20.6. The van der Waals surface area contributed by atoms with E-state index in [2.05, 4.69) is 31.3 Å². The van der Waals surface area contributed by atoms with Gasteiger partial charge in [0.05, 0.1) is 19.1 Å². The lowest BCUT2D eigenvalue weighted by molar-refractivity contribution is -0.144. The van der Waals surface area contributed by atoms with Crippen molar-refractivity contribution in [3.63, 3.8) is 0 Å². The third-order valence-electron chi connectivity index (χ3n) is 7.70. The number of rotatable bonds is 6. The van der Waals surface area contributed by atoms with Crippen LogP contribution in [0.1, 0.15) is 38.7 Å². The number of benzene rings is 1. The van der Waals surface area contributed by atoms with Crippen LogP contribution in [-0.2, 0) is 16.0 Å². The van der Waals surface area contributed by atoms with E-state index in [9.17, 15) is 9.90 Å². The molecule has 1 saturated carbocycles. The Bertz CT molecular complexity index is 791. The normalized spacial score (nSPS) is 36.1. The average Bonchev–Trinajstić information content (AvgIpc) is 3.03. The maximum Gasteiger partial charge on any atom is 0.311 e. The molecule has 29 heavy (non-hydrogen) atoms. The second-order valence-electron chi connectivity index (χ2n) is 9.06. The summed E-state index contributed by atoms with van der Waals surface area (Å²) in [5.74, 6) is 0.702. The van der Waals surface area contributed by atoms with Crippen molar-refractivity contribution in [2.75, 3.05) is 20.2 Å². The van der Waals surface area contributed by atoms with Crippen molar-refractivity contribution >= 4 is 5.97 Å². The molecule has 2 N–H and O–H groups in total. The monoisotopic (exact) mass is 399 g/mol. The third kappa shape index (κ3) is 3.49. The summed E-state index contributed by atoms with van der Waals surface area (Å²) in [4.78, 5) is 12.6. The van der Waals surface area contributed by atoms with Gasteiger partial charge in [0.2, 0.25) is 0 Å². The Hall–Kier alpha value is -1.85. The standard InChI is InChI=1S/C24H33NO4/c1-15-7-6-9-17-13-20-21(22(26)24(15,17)2)18(23(27)29-20)14-25-12-11-16-8-4-5-10-19(16)28-3/h4-5,8-10,15,18,20-22,25-26H,6-7,11-14H2,1-3H3/t15-,18-,20-,21-,22-,24-/m1/s1. The van der Waals surface area contributed by atoms with Gasteiger partial charge in [0.15, 0.2) is 0 Å². The Balaban J connectivity index is 1.41. The van der Waals surface area contributed by atoms with Crippen LogP contribution in [0.2, 0.25) is 0 Å². The van der Waals surface area contributed by atoms with Crippen molar-refractivity contribution in [1.29, 1.82) is 0 Å². The van der Waals surface area contributed by atoms with Gasteiger partial charge in [-0.25, -0.2) is 0 Å². The first-order valence-corrected chi connectivity index (χ1v) is 10.9. The molecule has 5 heteroatoms. The van der Waals surface area contributed by atoms with Gasteiger partial charge in [0.1, 0.15) is 11.9 Å². The summed E-state index contributed by atoms with van der Waals surface area (Å²) in [6, 6.07) is 7.99. The average molecular weight is 400 g/mol. The van der Waals surface area contributed by atoms with Gasteiger partial charge >= 0.3 is 5.97 Å². The number of esters is 1. The largest absolute Gasteiger partial charge is 0.496 e. The number of carbonyl (C=O) groups is 1. The molecule has 1 saturated heterocycles. The van der Waals surface area contributed by atoms with E-state index in [-0.39, 0.29) is 29.3 Å². The first-order valence-electron chi connectivity index (χ1n) is 10.9. The number of methoxy groups -OCH3 is 1. The molecule has 0 radical (unpaired) electrons. The van der Waals surface area contributed by atoms with Gasteiger partial charge < -0.3 is 19.9 Å². The highest BCUT2D eigenvalue weighted by molar-refractivity contribution is 5.76. The summed E-state index contributed by atoms with van der Waals surface area (Å²) in [5, 5.41) is 14.8. The number of hydrogen-bond acceptors (Lipinski definition) is 5. The van der Waals surface area contributed by atoms with Gasteiger partial charge in [-0.1, -0.05) is 43.7 Å². The molecule has 1 heterocycles. The van der Waals surface area contributed by atoms with E-state index in [4.69, 9.17) is 9.47 Å². The van der Waals surface area contributed by atoms with Crippen LogP contribution in [0.5, 0.6) is 5.75 Å². The highest BCUT2D eigenvalue weighted by Gasteiger charge is 2.59. The zero-order valence-corrected chi connectivity index (χ0v) is 17.7. The molecule has 1 aliphatic heterocycles. The molecule has 0 aromatic heterocycles. The lowest BCUT2D eigenvalue weighted by Crippen LogP contribution is -2.54. The Morgan fingerprint density at radius 2 is 2.14 bits per heavy atom. The van der Waals surface area contributed by atoms with Gasteiger partial charge in [-0.3, -0.25) is 4.79 Å². The summed E-state index contributed by atoms with van der Waals surface area (Å²) < 4.78 is 11.1. The van der Waals surface area contributed by atoms with E-state index < -0.39 is 6.10 Å². The second kappa shape index (κ2) is 8.11. The fourth-order valence-corrected chi connectivity index (χ4v) is 5.69.